The molecule has 0 aliphatic heterocycles. The highest BCUT2D eigenvalue weighted by Gasteiger charge is 2.14. The summed E-state index contributed by atoms with van der Waals surface area (Å²) >= 11 is 0. The summed E-state index contributed by atoms with van der Waals surface area (Å²) in [5, 5.41) is 8.33. The minimum Gasteiger partial charge on any atom is -0.382 e. The number of hydrogen-bond acceptors (Lipinski definition) is 4. The van der Waals surface area contributed by atoms with E-state index in [-0.39, 0.29) is 17.7 Å². The van der Waals surface area contributed by atoms with E-state index in [0.717, 1.165) is 0 Å². The van der Waals surface area contributed by atoms with E-state index >= 15 is 0 Å². The van der Waals surface area contributed by atoms with Crippen LogP contribution in [0.25, 0.3) is 0 Å². The second kappa shape index (κ2) is 11.6. The quantitative estimate of drug-likeness (QED) is 0.535. The van der Waals surface area contributed by atoms with E-state index in [1.807, 2.05) is 6.92 Å². The molecule has 0 spiro atoms. The van der Waals surface area contributed by atoms with Crippen molar-refractivity contribution in [3.05, 3.63) is 59.7 Å². The van der Waals surface area contributed by atoms with Crippen LogP contribution >= 0.6 is 0 Å². The normalized spacial score (nSPS) is 10.3. The van der Waals surface area contributed by atoms with Crippen LogP contribution in [0.4, 0.5) is 11.4 Å². The Morgan fingerprint density at radius 1 is 0.931 bits per heavy atom. The molecule has 3 amide bonds. The van der Waals surface area contributed by atoms with Crippen molar-refractivity contribution in [1.29, 1.82) is 0 Å². The van der Waals surface area contributed by atoms with Crippen molar-refractivity contribution in [3.8, 4) is 0 Å². The molecule has 0 fully saturated rings. The van der Waals surface area contributed by atoms with Gasteiger partial charge in [0.25, 0.3) is 11.8 Å². The van der Waals surface area contributed by atoms with Gasteiger partial charge < -0.3 is 20.7 Å². The number of para-hydroxylation sites is 1. The molecule has 0 unspecified atom stereocenters. The molecule has 7 nitrogen and oxygen atoms in total. The fourth-order valence-corrected chi connectivity index (χ4v) is 2.59. The van der Waals surface area contributed by atoms with Crippen LogP contribution in [0.3, 0.4) is 0 Å². The van der Waals surface area contributed by atoms with Crippen LogP contribution in [0, 0.1) is 0 Å². The first-order chi connectivity index (χ1) is 14.0. The second-order valence-corrected chi connectivity index (χ2v) is 6.29. The number of anilines is 2. The number of nitrogens with one attached hydrogen (secondary N) is 3. The molecular formula is C22H27N3O4. The van der Waals surface area contributed by atoms with Crippen molar-refractivity contribution in [2.75, 3.05) is 30.4 Å². The summed E-state index contributed by atoms with van der Waals surface area (Å²) in [5.74, 6) is -0.760. The van der Waals surface area contributed by atoms with Crippen LogP contribution in [-0.4, -0.2) is 37.5 Å². The highest BCUT2D eigenvalue weighted by Crippen LogP contribution is 2.18. The Morgan fingerprint density at radius 2 is 1.72 bits per heavy atom. The minimum absolute atomic E-state index is 0.131. The van der Waals surface area contributed by atoms with Gasteiger partial charge in [-0.15, -0.1) is 0 Å². The van der Waals surface area contributed by atoms with Gasteiger partial charge in [0.2, 0.25) is 5.91 Å². The topological polar surface area (TPSA) is 96.5 Å². The number of rotatable bonds is 10. The van der Waals surface area contributed by atoms with Crippen LogP contribution in [0.2, 0.25) is 0 Å². The summed E-state index contributed by atoms with van der Waals surface area (Å²) in [6.45, 7) is 5.39. The van der Waals surface area contributed by atoms with Crippen molar-refractivity contribution in [2.24, 2.45) is 0 Å². The van der Waals surface area contributed by atoms with Crippen molar-refractivity contribution in [3.63, 3.8) is 0 Å². The lowest BCUT2D eigenvalue weighted by molar-refractivity contribution is -0.115. The van der Waals surface area contributed by atoms with Crippen LogP contribution < -0.4 is 16.0 Å². The van der Waals surface area contributed by atoms with Gasteiger partial charge in [-0.3, -0.25) is 14.4 Å². The average molecular weight is 397 g/mol. The molecule has 0 aliphatic carbocycles. The monoisotopic (exact) mass is 397 g/mol. The van der Waals surface area contributed by atoms with Gasteiger partial charge in [-0.05, 0) is 43.7 Å². The zero-order valence-corrected chi connectivity index (χ0v) is 16.8. The largest absolute Gasteiger partial charge is 0.382 e. The number of amides is 3. The Bertz CT molecular complexity index is 851. The highest BCUT2D eigenvalue weighted by atomic mass is 16.5. The van der Waals surface area contributed by atoms with Crippen molar-refractivity contribution in [2.45, 2.75) is 26.7 Å². The lowest BCUT2D eigenvalue weighted by Crippen LogP contribution is -2.26. The molecule has 0 saturated carbocycles. The van der Waals surface area contributed by atoms with E-state index in [0.29, 0.717) is 55.1 Å². The molecule has 7 heteroatoms. The lowest BCUT2D eigenvalue weighted by Gasteiger charge is -2.12. The Hall–Kier alpha value is -3.19. The summed E-state index contributed by atoms with van der Waals surface area (Å²) in [6.07, 6.45) is 1.06. The lowest BCUT2D eigenvalue weighted by atomic mass is 10.1. The summed E-state index contributed by atoms with van der Waals surface area (Å²) in [6, 6.07) is 13.5. The smallest absolute Gasteiger partial charge is 0.255 e. The van der Waals surface area contributed by atoms with Gasteiger partial charge >= 0.3 is 0 Å². The molecule has 0 radical (unpaired) electrons. The van der Waals surface area contributed by atoms with Gasteiger partial charge in [0, 0.05) is 37.4 Å². The average Bonchev–Trinajstić information content (AvgIpc) is 2.74. The van der Waals surface area contributed by atoms with Crippen molar-refractivity contribution < 1.29 is 19.1 Å². The predicted octanol–water partition coefficient (Wildman–Crippen LogP) is 3.44. The number of carbonyl (C=O) groups is 3. The van der Waals surface area contributed by atoms with Crippen LogP contribution in [0.1, 0.15) is 47.4 Å². The third kappa shape index (κ3) is 7.04. The summed E-state index contributed by atoms with van der Waals surface area (Å²) in [4.78, 5) is 36.7. The maximum Gasteiger partial charge on any atom is 0.255 e. The molecule has 0 heterocycles. The van der Waals surface area contributed by atoms with Gasteiger partial charge in [0.05, 0.1) is 11.3 Å². The van der Waals surface area contributed by atoms with Gasteiger partial charge in [0.15, 0.2) is 0 Å². The molecule has 3 N–H and O–H groups in total. The molecule has 0 saturated heterocycles. The number of benzene rings is 2. The number of ether oxygens (including phenoxy) is 1. The summed E-state index contributed by atoms with van der Waals surface area (Å²) in [7, 11) is 0. The van der Waals surface area contributed by atoms with E-state index in [1.54, 1.807) is 55.5 Å². The maximum atomic E-state index is 12.7. The van der Waals surface area contributed by atoms with Gasteiger partial charge in [0.1, 0.15) is 0 Å². The molecule has 2 aromatic carbocycles. The van der Waals surface area contributed by atoms with Gasteiger partial charge in [-0.25, -0.2) is 0 Å². The van der Waals surface area contributed by atoms with E-state index in [9.17, 15) is 14.4 Å². The van der Waals surface area contributed by atoms with Crippen molar-refractivity contribution >= 4 is 29.1 Å². The Kier molecular flexibility index (Phi) is 8.85. The SMILES string of the molecule is CCOCCCNC(=O)c1ccccc1NC(=O)c1cccc(NC(=O)CC)c1. The second-order valence-electron chi connectivity index (χ2n) is 6.29. The fraction of sp³-hybridized carbons (Fsp3) is 0.318. The van der Waals surface area contributed by atoms with Crippen LogP contribution in [0.5, 0.6) is 0 Å². The zero-order valence-electron chi connectivity index (χ0n) is 16.8. The van der Waals surface area contributed by atoms with E-state index in [4.69, 9.17) is 4.74 Å². The first kappa shape index (κ1) is 22.1. The maximum absolute atomic E-state index is 12.7. The third-order valence-electron chi connectivity index (χ3n) is 4.10. The first-order valence-corrected chi connectivity index (χ1v) is 9.71. The third-order valence-corrected chi connectivity index (χ3v) is 4.10. The Labute approximate surface area is 170 Å². The molecular weight excluding hydrogens is 370 g/mol. The molecule has 29 heavy (non-hydrogen) atoms. The minimum atomic E-state index is -0.366. The standard InChI is InChI=1S/C22H27N3O4/c1-3-20(26)24-17-10-7-9-16(15-17)21(27)25-19-12-6-5-11-18(19)22(28)23-13-8-14-29-4-2/h5-7,9-12,15H,3-4,8,13-14H2,1-2H3,(H,23,28)(H,24,26)(H,25,27). The van der Waals surface area contributed by atoms with E-state index < -0.39 is 0 Å². The zero-order chi connectivity index (χ0) is 21.1. The van der Waals surface area contributed by atoms with E-state index in [1.165, 1.54) is 0 Å². The highest BCUT2D eigenvalue weighted by molar-refractivity contribution is 6.09. The molecule has 154 valence electrons. The molecule has 2 aromatic rings. The number of carbonyl (C=O) groups excluding carboxylic acids is 3. The van der Waals surface area contributed by atoms with Gasteiger partial charge in [-0.1, -0.05) is 25.1 Å². The molecule has 0 bridgehead atoms. The van der Waals surface area contributed by atoms with Crippen molar-refractivity contribution in [1.82, 2.24) is 5.32 Å². The Morgan fingerprint density at radius 3 is 2.48 bits per heavy atom. The van der Waals surface area contributed by atoms with Gasteiger partial charge in [-0.2, -0.15) is 0 Å². The van der Waals surface area contributed by atoms with Crippen LogP contribution in [0.15, 0.2) is 48.5 Å². The summed E-state index contributed by atoms with van der Waals surface area (Å²) in [5.41, 5.74) is 1.73. The first-order valence-electron chi connectivity index (χ1n) is 9.71. The van der Waals surface area contributed by atoms with E-state index in [2.05, 4.69) is 16.0 Å². The molecule has 0 aromatic heterocycles. The summed E-state index contributed by atoms with van der Waals surface area (Å²) < 4.78 is 5.25. The Balaban J connectivity index is 2.05. The van der Waals surface area contributed by atoms with Crippen LogP contribution in [-0.2, 0) is 9.53 Å². The molecule has 0 atom stereocenters. The fourth-order valence-electron chi connectivity index (χ4n) is 2.59. The molecule has 2 rings (SSSR count). The number of hydrogen-bond donors (Lipinski definition) is 3. The molecule has 0 aliphatic rings. The predicted molar refractivity (Wildman–Crippen MR) is 113 cm³/mol.